The molecule has 1 unspecified atom stereocenters. The summed E-state index contributed by atoms with van der Waals surface area (Å²) in [6, 6.07) is 12.7. The number of imidazole rings is 1. The van der Waals surface area contributed by atoms with E-state index < -0.39 is 6.10 Å². The number of hydrogen-bond acceptors (Lipinski definition) is 2. The lowest BCUT2D eigenvalue weighted by Gasteiger charge is -2.13. The average molecular weight is 280 g/mol. The molecule has 1 atom stereocenters. The van der Waals surface area contributed by atoms with Gasteiger partial charge in [0.15, 0.2) is 0 Å². The number of aliphatic hydroxyl groups excluding tert-OH is 1. The van der Waals surface area contributed by atoms with Gasteiger partial charge in [-0.3, -0.25) is 0 Å². The van der Waals surface area contributed by atoms with Crippen molar-refractivity contribution >= 4 is 10.8 Å². The molecular weight excluding hydrogens is 260 g/mol. The Kier molecular flexibility index (Phi) is 3.76. The van der Waals surface area contributed by atoms with Crippen LogP contribution in [0.3, 0.4) is 0 Å². The third-order valence-electron chi connectivity index (χ3n) is 3.88. The van der Waals surface area contributed by atoms with E-state index in [9.17, 15) is 5.11 Å². The van der Waals surface area contributed by atoms with Gasteiger partial charge in [0, 0.05) is 12.4 Å². The van der Waals surface area contributed by atoms with E-state index in [-0.39, 0.29) is 0 Å². The summed E-state index contributed by atoms with van der Waals surface area (Å²) in [6.45, 7) is 4.92. The molecular formula is C18H20N2O. The lowest BCUT2D eigenvalue weighted by atomic mass is 9.97. The van der Waals surface area contributed by atoms with Gasteiger partial charge >= 0.3 is 0 Å². The Morgan fingerprint density at radius 3 is 2.33 bits per heavy atom. The summed E-state index contributed by atoms with van der Waals surface area (Å²) in [5, 5.41) is 12.7. The number of benzene rings is 2. The van der Waals surface area contributed by atoms with Crippen LogP contribution in [0.1, 0.15) is 37.0 Å². The SMILES string of the molecule is CC(C)c1ccc2cc(C(O)Cn3ccnc3)ccc2c1. The summed E-state index contributed by atoms with van der Waals surface area (Å²) in [7, 11) is 0. The van der Waals surface area contributed by atoms with E-state index in [0.717, 1.165) is 5.56 Å². The Bertz CT molecular complexity index is 732. The molecule has 3 rings (SSSR count). The van der Waals surface area contributed by atoms with Gasteiger partial charge in [0.1, 0.15) is 0 Å². The van der Waals surface area contributed by atoms with Crippen LogP contribution in [0.2, 0.25) is 0 Å². The van der Waals surface area contributed by atoms with E-state index in [0.29, 0.717) is 12.5 Å². The quantitative estimate of drug-likeness (QED) is 0.787. The summed E-state index contributed by atoms with van der Waals surface area (Å²) < 4.78 is 1.89. The minimum absolute atomic E-state index is 0.520. The molecule has 0 saturated heterocycles. The average Bonchev–Trinajstić information content (AvgIpc) is 2.99. The summed E-state index contributed by atoms with van der Waals surface area (Å²) in [6.07, 6.45) is 4.78. The molecule has 3 nitrogen and oxygen atoms in total. The predicted molar refractivity (Wildman–Crippen MR) is 85.2 cm³/mol. The van der Waals surface area contributed by atoms with E-state index >= 15 is 0 Å². The third-order valence-corrected chi connectivity index (χ3v) is 3.88. The van der Waals surface area contributed by atoms with Crippen molar-refractivity contribution in [3.63, 3.8) is 0 Å². The highest BCUT2D eigenvalue weighted by atomic mass is 16.3. The van der Waals surface area contributed by atoms with Gasteiger partial charge in [-0.15, -0.1) is 0 Å². The Hall–Kier alpha value is -2.13. The molecule has 0 aliphatic rings. The van der Waals surface area contributed by atoms with Crippen molar-refractivity contribution in [1.82, 2.24) is 9.55 Å². The minimum atomic E-state index is -0.520. The molecule has 0 bridgehead atoms. The van der Waals surface area contributed by atoms with Crippen LogP contribution in [-0.2, 0) is 6.54 Å². The first-order valence-electron chi connectivity index (χ1n) is 7.31. The van der Waals surface area contributed by atoms with E-state index in [4.69, 9.17) is 0 Å². The van der Waals surface area contributed by atoms with Crippen LogP contribution in [0.5, 0.6) is 0 Å². The zero-order chi connectivity index (χ0) is 14.8. The molecule has 3 heteroatoms. The standard InChI is InChI=1S/C18H20N2O/c1-13(2)14-3-4-16-10-17(6-5-15(16)9-14)18(21)11-20-8-7-19-12-20/h3-10,12-13,18,21H,11H2,1-2H3. The Labute approximate surface area is 124 Å². The van der Waals surface area contributed by atoms with Crippen molar-refractivity contribution in [2.24, 2.45) is 0 Å². The first kappa shape index (κ1) is 13.8. The zero-order valence-electron chi connectivity index (χ0n) is 12.4. The summed E-state index contributed by atoms with van der Waals surface area (Å²) >= 11 is 0. The fourth-order valence-electron chi connectivity index (χ4n) is 2.55. The number of nitrogens with zero attached hydrogens (tertiary/aromatic N) is 2. The van der Waals surface area contributed by atoms with Crippen molar-refractivity contribution in [2.45, 2.75) is 32.4 Å². The molecule has 2 aromatic carbocycles. The van der Waals surface area contributed by atoms with Gasteiger partial charge in [-0.05, 0) is 33.9 Å². The molecule has 3 aromatic rings. The molecule has 0 spiro atoms. The lowest BCUT2D eigenvalue weighted by molar-refractivity contribution is 0.156. The lowest BCUT2D eigenvalue weighted by Crippen LogP contribution is -2.07. The molecule has 21 heavy (non-hydrogen) atoms. The Balaban J connectivity index is 1.88. The number of fused-ring (bicyclic) bond motifs is 1. The van der Waals surface area contributed by atoms with Crippen molar-refractivity contribution in [1.29, 1.82) is 0 Å². The maximum absolute atomic E-state index is 10.3. The molecule has 1 heterocycles. The van der Waals surface area contributed by atoms with Crippen LogP contribution in [0.4, 0.5) is 0 Å². The van der Waals surface area contributed by atoms with Gasteiger partial charge < -0.3 is 9.67 Å². The first-order chi connectivity index (χ1) is 10.1. The second-order valence-corrected chi connectivity index (χ2v) is 5.80. The molecule has 0 aliphatic heterocycles. The second-order valence-electron chi connectivity index (χ2n) is 5.80. The van der Waals surface area contributed by atoms with Crippen molar-refractivity contribution in [3.05, 3.63) is 66.2 Å². The second kappa shape index (κ2) is 5.70. The van der Waals surface area contributed by atoms with E-state index in [1.807, 2.05) is 16.8 Å². The van der Waals surface area contributed by atoms with Crippen LogP contribution < -0.4 is 0 Å². The van der Waals surface area contributed by atoms with Crippen LogP contribution in [0.15, 0.2) is 55.1 Å². The minimum Gasteiger partial charge on any atom is -0.387 e. The molecule has 0 fully saturated rings. The molecule has 1 aromatic heterocycles. The summed E-state index contributed by atoms with van der Waals surface area (Å²) in [5.74, 6) is 0.529. The van der Waals surface area contributed by atoms with Crippen molar-refractivity contribution in [2.75, 3.05) is 0 Å². The van der Waals surface area contributed by atoms with E-state index in [2.05, 4.69) is 49.2 Å². The normalized spacial score (nSPS) is 13.0. The fourth-order valence-corrected chi connectivity index (χ4v) is 2.55. The van der Waals surface area contributed by atoms with Crippen LogP contribution in [-0.4, -0.2) is 14.7 Å². The maximum atomic E-state index is 10.3. The molecule has 0 radical (unpaired) electrons. The number of rotatable bonds is 4. The third kappa shape index (κ3) is 2.98. The van der Waals surface area contributed by atoms with Crippen molar-refractivity contribution in [3.8, 4) is 0 Å². The highest BCUT2D eigenvalue weighted by Crippen LogP contribution is 2.25. The van der Waals surface area contributed by atoms with E-state index in [1.54, 1.807) is 12.5 Å². The Morgan fingerprint density at radius 1 is 1.05 bits per heavy atom. The van der Waals surface area contributed by atoms with Gasteiger partial charge in [-0.1, -0.05) is 44.2 Å². The molecule has 0 saturated carbocycles. The van der Waals surface area contributed by atoms with Crippen molar-refractivity contribution < 1.29 is 5.11 Å². The van der Waals surface area contributed by atoms with Crippen LogP contribution in [0, 0.1) is 0 Å². The van der Waals surface area contributed by atoms with Gasteiger partial charge in [0.2, 0.25) is 0 Å². The van der Waals surface area contributed by atoms with Gasteiger partial charge in [0.25, 0.3) is 0 Å². The number of aromatic nitrogens is 2. The Morgan fingerprint density at radius 2 is 1.71 bits per heavy atom. The summed E-state index contributed by atoms with van der Waals surface area (Å²) in [4.78, 5) is 4.00. The highest BCUT2D eigenvalue weighted by molar-refractivity contribution is 5.84. The molecule has 0 amide bonds. The molecule has 0 aliphatic carbocycles. The fraction of sp³-hybridized carbons (Fsp3) is 0.278. The van der Waals surface area contributed by atoms with Crippen LogP contribution >= 0.6 is 0 Å². The van der Waals surface area contributed by atoms with E-state index in [1.165, 1.54) is 16.3 Å². The van der Waals surface area contributed by atoms with Crippen LogP contribution in [0.25, 0.3) is 10.8 Å². The van der Waals surface area contributed by atoms with Gasteiger partial charge in [0.05, 0.1) is 19.0 Å². The predicted octanol–water partition coefficient (Wildman–Crippen LogP) is 3.89. The first-order valence-corrected chi connectivity index (χ1v) is 7.31. The monoisotopic (exact) mass is 280 g/mol. The highest BCUT2D eigenvalue weighted by Gasteiger charge is 2.09. The molecule has 108 valence electrons. The number of aliphatic hydroxyl groups is 1. The smallest absolute Gasteiger partial charge is 0.0969 e. The maximum Gasteiger partial charge on any atom is 0.0969 e. The zero-order valence-corrected chi connectivity index (χ0v) is 12.4. The van der Waals surface area contributed by atoms with Gasteiger partial charge in [-0.2, -0.15) is 0 Å². The molecule has 1 N–H and O–H groups in total. The number of hydrogen-bond donors (Lipinski definition) is 1. The summed E-state index contributed by atoms with van der Waals surface area (Å²) in [5.41, 5.74) is 2.28. The topological polar surface area (TPSA) is 38.0 Å². The van der Waals surface area contributed by atoms with Gasteiger partial charge in [-0.25, -0.2) is 4.98 Å². The largest absolute Gasteiger partial charge is 0.387 e.